The van der Waals surface area contributed by atoms with E-state index in [2.05, 4.69) is 53.2 Å². The minimum atomic E-state index is -2.27. The molecular weight excluding hydrogens is 686 g/mol. The topological polar surface area (TPSA) is 93.9 Å². The fraction of sp³-hybridized carbons (Fsp3) is 0.289. The Hall–Kier alpha value is -4.09. The number of hydrogen-bond acceptors (Lipinski definition) is 6. The van der Waals surface area contributed by atoms with E-state index in [4.69, 9.17) is 9.47 Å². The molecule has 0 saturated carbocycles. The van der Waals surface area contributed by atoms with E-state index in [0.29, 0.717) is 24.0 Å². The standard InChI is InChI=1S/C38H38BrN3O5Si/c1-24-35(48(3,4)30-16-14-29(46-2)15-17-30)34(19-20-43)47-38(24)32-21-27(39)11-18-33(32)41(37(38)45)23-25-9-12-28(13-10-25)42-36(44)31-8-6-5-7-26(31)22-40-42/h5-18,21-22,24,34-35,43H,19-20,23H2,1-4H3/t24-,34+,35-,38+/m0/s1. The fourth-order valence-electron chi connectivity index (χ4n) is 8.04. The number of benzene rings is 4. The second-order valence-corrected chi connectivity index (χ2v) is 18.9. The number of nitrogens with zero attached hydrogens (tertiary/aromatic N) is 3. The van der Waals surface area contributed by atoms with Crippen molar-refractivity contribution in [2.24, 2.45) is 5.92 Å². The zero-order valence-corrected chi connectivity index (χ0v) is 30.0. The van der Waals surface area contributed by atoms with Crippen molar-refractivity contribution in [1.29, 1.82) is 0 Å². The number of rotatable bonds is 8. The molecule has 8 nitrogen and oxygen atoms in total. The maximum atomic E-state index is 14.9. The minimum Gasteiger partial charge on any atom is -0.497 e. The summed E-state index contributed by atoms with van der Waals surface area (Å²) in [7, 11) is -0.605. The van der Waals surface area contributed by atoms with E-state index < -0.39 is 13.7 Å². The molecule has 0 radical (unpaired) electrons. The molecule has 0 unspecified atom stereocenters. The number of fused-ring (bicyclic) bond motifs is 3. The third-order valence-electron chi connectivity index (χ3n) is 10.4. The lowest BCUT2D eigenvalue weighted by Gasteiger charge is -2.37. The van der Waals surface area contributed by atoms with Gasteiger partial charge in [0, 0.05) is 27.9 Å². The van der Waals surface area contributed by atoms with Gasteiger partial charge in [0.25, 0.3) is 11.5 Å². The van der Waals surface area contributed by atoms with Gasteiger partial charge in [-0.15, -0.1) is 0 Å². The molecule has 1 saturated heterocycles. The van der Waals surface area contributed by atoms with Crippen LogP contribution in [0.15, 0.2) is 106 Å². The maximum absolute atomic E-state index is 14.9. The van der Waals surface area contributed by atoms with Gasteiger partial charge in [0.05, 0.1) is 50.8 Å². The summed E-state index contributed by atoms with van der Waals surface area (Å²) >= 11 is 3.66. The third kappa shape index (κ3) is 5.13. The van der Waals surface area contributed by atoms with Crippen molar-refractivity contribution >= 4 is 51.6 Å². The molecule has 1 amide bonds. The Kier molecular flexibility index (Phi) is 8.39. The molecule has 0 aliphatic carbocycles. The molecule has 1 fully saturated rings. The van der Waals surface area contributed by atoms with Crippen LogP contribution in [0.4, 0.5) is 5.69 Å². The number of aliphatic hydroxyl groups is 1. The lowest BCUT2D eigenvalue weighted by Crippen LogP contribution is -2.51. The molecule has 2 aliphatic heterocycles. The SMILES string of the molecule is COc1ccc([Si](C)(C)[C@@H]2[C@@H](CCO)O[C@]3(C(=O)N(Cc4ccc(-n5ncc6ccccc6c5=O)cc4)c4ccc(Br)cc43)[C@H]2C)cc1. The molecule has 0 bridgehead atoms. The highest BCUT2D eigenvalue weighted by Crippen LogP contribution is 2.60. The molecule has 2 aliphatic rings. The van der Waals surface area contributed by atoms with Gasteiger partial charge in [0.1, 0.15) is 5.75 Å². The van der Waals surface area contributed by atoms with Crippen molar-refractivity contribution in [3.63, 3.8) is 0 Å². The number of amides is 1. The van der Waals surface area contributed by atoms with E-state index in [-0.39, 0.29) is 35.6 Å². The van der Waals surface area contributed by atoms with Gasteiger partial charge in [0.15, 0.2) is 5.60 Å². The summed E-state index contributed by atoms with van der Waals surface area (Å²) in [6.07, 6.45) is 1.85. The van der Waals surface area contributed by atoms with Crippen LogP contribution in [0.2, 0.25) is 18.6 Å². The highest BCUT2D eigenvalue weighted by Gasteiger charge is 2.66. The number of carbonyl (C=O) groups is 1. The van der Waals surface area contributed by atoms with Crippen LogP contribution in [0.3, 0.4) is 0 Å². The zero-order chi connectivity index (χ0) is 33.8. The van der Waals surface area contributed by atoms with E-state index in [9.17, 15) is 14.7 Å². The molecule has 1 aromatic heterocycles. The van der Waals surface area contributed by atoms with Crippen LogP contribution in [0, 0.1) is 5.92 Å². The van der Waals surface area contributed by atoms with E-state index in [0.717, 1.165) is 32.4 Å². The normalized spacial score (nSPS) is 22.1. The second-order valence-electron chi connectivity index (χ2n) is 13.3. The van der Waals surface area contributed by atoms with Crippen LogP contribution >= 0.6 is 15.9 Å². The lowest BCUT2D eigenvalue weighted by molar-refractivity contribution is -0.146. The summed E-state index contributed by atoms with van der Waals surface area (Å²) in [5.74, 6) is 0.554. The number of hydrogen-bond donors (Lipinski definition) is 1. The first-order chi connectivity index (χ1) is 23.1. The zero-order valence-electron chi connectivity index (χ0n) is 27.4. The number of methoxy groups -OCH3 is 1. The van der Waals surface area contributed by atoms with Gasteiger partial charge in [-0.25, -0.2) is 0 Å². The molecule has 246 valence electrons. The Morgan fingerprint density at radius 2 is 1.73 bits per heavy atom. The Labute approximate surface area is 289 Å². The maximum Gasteiger partial charge on any atom is 0.279 e. The first kappa shape index (κ1) is 32.5. The summed E-state index contributed by atoms with van der Waals surface area (Å²) in [5.41, 5.74) is 1.91. The van der Waals surface area contributed by atoms with Crippen LogP contribution in [0.25, 0.3) is 16.5 Å². The van der Waals surface area contributed by atoms with Crippen LogP contribution < -0.4 is 20.4 Å². The molecular formula is C38H38BrN3O5Si. The van der Waals surface area contributed by atoms with Gasteiger partial charge in [-0.2, -0.15) is 9.78 Å². The Bertz CT molecular complexity index is 2070. The molecule has 5 aromatic rings. The Morgan fingerprint density at radius 3 is 2.44 bits per heavy atom. The molecule has 4 atom stereocenters. The van der Waals surface area contributed by atoms with Crippen molar-refractivity contribution < 1.29 is 19.4 Å². The van der Waals surface area contributed by atoms with Crippen LogP contribution in [-0.2, 0) is 21.7 Å². The molecule has 1 N–H and O–H groups in total. The lowest BCUT2D eigenvalue weighted by atomic mass is 9.82. The second kappa shape index (κ2) is 12.4. The monoisotopic (exact) mass is 723 g/mol. The van der Waals surface area contributed by atoms with Crippen molar-refractivity contribution in [2.75, 3.05) is 18.6 Å². The molecule has 4 aromatic carbocycles. The Balaban J connectivity index is 1.24. The molecule has 1 spiro atoms. The van der Waals surface area contributed by atoms with Crippen LogP contribution in [0.1, 0.15) is 24.5 Å². The van der Waals surface area contributed by atoms with E-state index in [1.165, 1.54) is 9.87 Å². The van der Waals surface area contributed by atoms with Gasteiger partial charge < -0.3 is 19.5 Å². The molecule has 7 rings (SSSR count). The van der Waals surface area contributed by atoms with Crippen molar-refractivity contribution in [2.45, 2.75) is 50.2 Å². The molecule has 3 heterocycles. The fourth-order valence-corrected chi connectivity index (χ4v) is 12.5. The quantitative estimate of drug-likeness (QED) is 0.189. The summed E-state index contributed by atoms with van der Waals surface area (Å²) in [6, 6.07) is 29.2. The summed E-state index contributed by atoms with van der Waals surface area (Å²) in [6.45, 7) is 7.12. The molecule has 10 heteroatoms. The van der Waals surface area contributed by atoms with Crippen LogP contribution in [0.5, 0.6) is 5.75 Å². The van der Waals surface area contributed by atoms with Crippen LogP contribution in [-0.4, -0.2) is 48.7 Å². The van der Waals surface area contributed by atoms with Crippen molar-refractivity contribution in [3.05, 3.63) is 123 Å². The highest BCUT2D eigenvalue weighted by molar-refractivity contribution is 9.10. The van der Waals surface area contributed by atoms with Gasteiger partial charge in [0.2, 0.25) is 0 Å². The molecule has 48 heavy (non-hydrogen) atoms. The van der Waals surface area contributed by atoms with Crippen molar-refractivity contribution in [1.82, 2.24) is 9.78 Å². The minimum absolute atomic E-state index is 0.0260. The third-order valence-corrected chi connectivity index (χ3v) is 15.3. The van der Waals surface area contributed by atoms with E-state index in [1.807, 2.05) is 77.7 Å². The van der Waals surface area contributed by atoms with E-state index >= 15 is 0 Å². The van der Waals surface area contributed by atoms with Gasteiger partial charge >= 0.3 is 0 Å². The number of carbonyl (C=O) groups excluding carboxylic acids is 1. The van der Waals surface area contributed by atoms with Gasteiger partial charge in [-0.3, -0.25) is 9.59 Å². The first-order valence-electron chi connectivity index (χ1n) is 16.2. The van der Waals surface area contributed by atoms with Crippen molar-refractivity contribution in [3.8, 4) is 11.4 Å². The number of anilines is 1. The van der Waals surface area contributed by atoms with Gasteiger partial charge in [-0.1, -0.05) is 83.6 Å². The Morgan fingerprint density at radius 1 is 1.00 bits per heavy atom. The summed E-state index contributed by atoms with van der Waals surface area (Å²) < 4.78 is 14.7. The number of ether oxygens (including phenoxy) is 2. The average Bonchev–Trinajstić information content (AvgIpc) is 3.51. The predicted molar refractivity (Wildman–Crippen MR) is 194 cm³/mol. The number of halogens is 1. The number of aliphatic hydroxyl groups excluding tert-OH is 1. The highest BCUT2D eigenvalue weighted by atomic mass is 79.9. The smallest absolute Gasteiger partial charge is 0.279 e. The first-order valence-corrected chi connectivity index (χ1v) is 20.1. The van der Waals surface area contributed by atoms with E-state index in [1.54, 1.807) is 19.4 Å². The number of aromatic nitrogens is 2. The predicted octanol–water partition coefficient (Wildman–Crippen LogP) is 6.30. The average molecular weight is 725 g/mol. The van der Waals surface area contributed by atoms with Gasteiger partial charge in [-0.05, 0) is 66.1 Å². The summed E-state index contributed by atoms with van der Waals surface area (Å²) in [5, 5.41) is 17.2. The largest absolute Gasteiger partial charge is 0.497 e. The summed E-state index contributed by atoms with van der Waals surface area (Å²) in [4.78, 5) is 29.9.